The third-order valence-electron chi connectivity index (χ3n) is 8.49. The van der Waals surface area contributed by atoms with E-state index in [4.69, 9.17) is 11.6 Å². The van der Waals surface area contributed by atoms with Crippen LogP contribution in [0.5, 0.6) is 0 Å². The van der Waals surface area contributed by atoms with E-state index >= 15 is 0 Å². The first-order valence-electron chi connectivity index (χ1n) is 14.9. The molecule has 7 aromatic carbocycles. The van der Waals surface area contributed by atoms with Crippen LogP contribution in [0.4, 0.5) is 0 Å². The van der Waals surface area contributed by atoms with Crippen molar-refractivity contribution in [2.24, 2.45) is 0 Å². The van der Waals surface area contributed by atoms with Crippen molar-refractivity contribution in [3.8, 4) is 50.2 Å². The van der Waals surface area contributed by atoms with Crippen molar-refractivity contribution in [2.75, 3.05) is 0 Å². The number of hydrogen-bond acceptors (Lipinski definition) is 0. The SMILES string of the molecule is Clc1cc(-n2c3ccc(-c4ccccc4)cc3c3cc(-c4ccccc4)ccc32)ccc1-c1ccccc1-c1ccccc1. The van der Waals surface area contributed by atoms with Gasteiger partial charge in [-0.15, -0.1) is 0 Å². The minimum Gasteiger partial charge on any atom is -0.309 e. The molecular formula is C42H28ClN. The number of benzene rings is 7. The normalized spacial score (nSPS) is 11.3. The summed E-state index contributed by atoms with van der Waals surface area (Å²) < 4.78 is 2.34. The zero-order valence-corrected chi connectivity index (χ0v) is 24.7. The Morgan fingerprint density at radius 1 is 0.341 bits per heavy atom. The highest BCUT2D eigenvalue weighted by atomic mass is 35.5. The van der Waals surface area contributed by atoms with E-state index in [1.54, 1.807) is 0 Å². The monoisotopic (exact) mass is 581 g/mol. The molecule has 0 saturated carbocycles. The van der Waals surface area contributed by atoms with Crippen LogP contribution in [0.15, 0.2) is 170 Å². The van der Waals surface area contributed by atoms with Crippen LogP contribution in [0.2, 0.25) is 5.02 Å². The highest BCUT2D eigenvalue weighted by Crippen LogP contribution is 2.40. The van der Waals surface area contributed by atoms with Gasteiger partial charge in [0.05, 0.1) is 16.1 Å². The van der Waals surface area contributed by atoms with Crippen molar-refractivity contribution < 1.29 is 0 Å². The number of fused-ring (bicyclic) bond motifs is 3. The van der Waals surface area contributed by atoms with Crippen LogP contribution in [0.1, 0.15) is 0 Å². The molecule has 0 radical (unpaired) electrons. The molecule has 44 heavy (non-hydrogen) atoms. The highest BCUT2D eigenvalue weighted by Gasteiger charge is 2.17. The summed E-state index contributed by atoms with van der Waals surface area (Å²) in [5.74, 6) is 0. The fourth-order valence-electron chi connectivity index (χ4n) is 6.37. The van der Waals surface area contributed by atoms with Gasteiger partial charge in [0, 0.05) is 22.0 Å². The summed E-state index contributed by atoms with van der Waals surface area (Å²) in [6.07, 6.45) is 0. The standard InChI is InChI=1S/C42H28ClN/c43-40-28-34(22-23-37(40)36-19-11-10-18-35(36)31-16-8-3-9-17-31)44-41-24-20-32(29-12-4-1-5-13-29)26-38(41)39-27-33(21-25-42(39)44)30-14-6-2-7-15-30/h1-28H. The molecule has 8 rings (SSSR count). The Bertz CT molecular complexity index is 2170. The molecule has 0 aliphatic heterocycles. The Labute approximate surface area is 262 Å². The van der Waals surface area contributed by atoms with E-state index < -0.39 is 0 Å². The van der Waals surface area contributed by atoms with Gasteiger partial charge in [-0.05, 0) is 75.3 Å². The van der Waals surface area contributed by atoms with Crippen molar-refractivity contribution in [2.45, 2.75) is 0 Å². The van der Waals surface area contributed by atoms with E-state index in [1.165, 1.54) is 44.2 Å². The van der Waals surface area contributed by atoms with Gasteiger partial charge in [0.1, 0.15) is 0 Å². The van der Waals surface area contributed by atoms with Crippen molar-refractivity contribution >= 4 is 33.4 Å². The number of halogens is 1. The Balaban J connectivity index is 1.32. The smallest absolute Gasteiger partial charge is 0.0541 e. The number of aromatic nitrogens is 1. The lowest BCUT2D eigenvalue weighted by Crippen LogP contribution is -1.95. The van der Waals surface area contributed by atoms with E-state index in [-0.39, 0.29) is 0 Å². The van der Waals surface area contributed by atoms with E-state index in [9.17, 15) is 0 Å². The van der Waals surface area contributed by atoms with Crippen LogP contribution >= 0.6 is 11.6 Å². The largest absolute Gasteiger partial charge is 0.309 e. The molecule has 0 amide bonds. The number of nitrogens with zero attached hydrogens (tertiary/aromatic N) is 1. The van der Waals surface area contributed by atoms with Crippen molar-refractivity contribution in [3.05, 3.63) is 175 Å². The maximum Gasteiger partial charge on any atom is 0.0541 e. The molecule has 0 aliphatic rings. The van der Waals surface area contributed by atoms with E-state index in [2.05, 4.69) is 168 Å². The van der Waals surface area contributed by atoms with Crippen molar-refractivity contribution in [1.82, 2.24) is 4.57 Å². The third kappa shape index (κ3) is 4.59. The van der Waals surface area contributed by atoms with Crippen LogP contribution in [-0.4, -0.2) is 4.57 Å². The van der Waals surface area contributed by atoms with Gasteiger partial charge in [0.15, 0.2) is 0 Å². The Hall–Kier alpha value is -5.37. The number of hydrogen-bond donors (Lipinski definition) is 0. The molecule has 0 atom stereocenters. The molecule has 1 heterocycles. The molecular weight excluding hydrogens is 554 g/mol. The molecule has 0 saturated heterocycles. The fourth-order valence-corrected chi connectivity index (χ4v) is 6.65. The van der Waals surface area contributed by atoms with Gasteiger partial charge in [-0.2, -0.15) is 0 Å². The summed E-state index contributed by atoms with van der Waals surface area (Å²) in [5, 5.41) is 3.16. The van der Waals surface area contributed by atoms with E-state index in [0.717, 1.165) is 32.9 Å². The highest BCUT2D eigenvalue weighted by molar-refractivity contribution is 6.33. The predicted molar refractivity (Wildman–Crippen MR) is 188 cm³/mol. The summed E-state index contributed by atoms with van der Waals surface area (Å²) in [5.41, 5.74) is 12.6. The fraction of sp³-hybridized carbons (Fsp3) is 0. The zero-order chi connectivity index (χ0) is 29.5. The molecule has 0 N–H and O–H groups in total. The molecule has 8 aromatic rings. The lowest BCUT2D eigenvalue weighted by atomic mass is 9.94. The average molecular weight is 582 g/mol. The van der Waals surface area contributed by atoms with Gasteiger partial charge >= 0.3 is 0 Å². The van der Waals surface area contributed by atoms with Gasteiger partial charge in [-0.3, -0.25) is 0 Å². The maximum absolute atomic E-state index is 7.14. The van der Waals surface area contributed by atoms with Crippen LogP contribution in [0, 0.1) is 0 Å². The second-order valence-electron chi connectivity index (χ2n) is 11.1. The zero-order valence-electron chi connectivity index (χ0n) is 24.0. The lowest BCUT2D eigenvalue weighted by Gasteiger charge is -2.14. The first-order valence-corrected chi connectivity index (χ1v) is 15.3. The minimum atomic E-state index is 0.725. The predicted octanol–water partition coefficient (Wildman–Crippen LogP) is 12.1. The molecule has 0 unspecified atom stereocenters. The lowest BCUT2D eigenvalue weighted by molar-refractivity contribution is 1.18. The van der Waals surface area contributed by atoms with Crippen LogP contribution in [0.3, 0.4) is 0 Å². The first-order chi connectivity index (χ1) is 21.7. The van der Waals surface area contributed by atoms with Gasteiger partial charge in [-0.25, -0.2) is 0 Å². The van der Waals surface area contributed by atoms with Gasteiger partial charge in [0.2, 0.25) is 0 Å². The molecule has 1 nitrogen and oxygen atoms in total. The topological polar surface area (TPSA) is 4.93 Å². The van der Waals surface area contributed by atoms with Gasteiger partial charge < -0.3 is 4.57 Å². The molecule has 0 spiro atoms. The molecule has 208 valence electrons. The quantitative estimate of drug-likeness (QED) is 0.190. The number of rotatable bonds is 5. The van der Waals surface area contributed by atoms with Crippen LogP contribution in [-0.2, 0) is 0 Å². The molecule has 0 aliphatic carbocycles. The summed E-state index contributed by atoms with van der Waals surface area (Å²) in [6.45, 7) is 0. The van der Waals surface area contributed by atoms with Crippen molar-refractivity contribution in [1.29, 1.82) is 0 Å². The summed E-state index contributed by atoms with van der Waals surface area (Å²) in [7, 11) is 0. The van der Waals surface area contributed by atoms with Crippen molar-refractivity contribution in [3.63, 3.8) is 0 Å². The summed E-state index contributed by atoms with van der Waals surface area (Å²) >= 11 is 7.14. The maximum atomic E-state index is 7.14. The first kappa shape index (κ1) is 26.3. The Morgan fingerprint density at radius 3 is 1.34 bits per heavy atom. The molecule has 0 bridgehead atoms. The van der Waals surface area contributed by atoms with Crippen LogP contribution < -0.4 is 0 Å². The second-order valence-corrected chi connectivity index (χ2v) is 11.5. The Kier molecular flexibility index (Phi) is 6.59. The Morgan fingerprint density at radius 2 is 0.818 bits per heavy atom. The van der Waals surface area contributed by atoms with Crippen LogP contribution in [0.25, 0.3) is 72.0 Å². The third-order valence-corrected chi connectivity index (χ3v) is 8.80. The average Bonchev–Trinajstić information content (AvgIpc) is 3.42. The molecule has 1 aromatic heterocycles. The second kappa shape index (κ2) is 11.0. The molecule has 2 heteroatoms. The molecule has 0 fully saturated rings. The van der Waals surface area contributed by atoms with E-state index in [0.29, 0.717) is 0 Å². The summed E-state index contributed by atoms with van der Waals surface area (Å²) in [4.78, 5) is 0. The van der Waals surface area contributed by atoms with Gasteiger partial charge in [0.25, 0.3) is 0 Å². The summed E-state index contributed by atoms with van der Waals surface area (Å²) in [6, 6.07) is 60.2. The van der Waals surface area contributed by atoms with E-state index in [1.807, 2.05) is 6.07 Å². The minimum absolute atomic E-state index is 0.725. The van der Waals surface area contributed by atoms with Gasteiger partial charge in [-0.1, -0.05) is 145 Å².